The molecule has 3 heteroatoms. The van der Waals surface area contributed by atoms with E-state index < -0.39 is 6.29 Å². The lowest BCUT2D eigenvalue weighted by molar-refractivity contribution is -0.120. The fourth-order valence-electron chi connectivity index (χ4n) is 2.66. The van der Waals surface area contributed by atoms with Crippen LogP contribution in [-0.4, -0.2) is 23.8 Å². The molecule has 1 atom stereocenters. The Labute approximate surface area is 146 Å². The smallest absolute Gasteiger partial charge is 0.184 e. The lowest BCUT2D eigenvalue weighted by atomic mass is 10.0. The summed E-state index contributed by atoms with van der Waals surface area (Å²) in [4.78, 5) is 11.7. The van der Waals surface area contributed by atoms with Crippen LogP contribution in [0.3, 0.4) is 0 Å². The van der Waals surface area contributed by atoms with E-state index in [9.17, 15) is 9.90 Å². The van der Waals surface area contributed by atoms with Gasteiger partial charge >= 0.3 is 0 Å². The van der Waals surface area contributed by atoms with Gasteiger partial charge in [-0.05, 0) is 43.9 Å². The molecule has 0 amide bonds. The minimum atomic E-state index is -1.16. The van der Waals surface area contributed by atoms with Crippen LogP contribution in [0.1, 0.15) is 70.4 Å². The predicted octanol–water partition coefficient (Wildman–Crippen LogP) is 4.92. The van der Waals surface area contributed by atoms with Crippen molar-refractivity contribution in [3.05, 3.63) is 41.0 Å². The molecule has 1 N–H and O–H groups in total. The van der Waals surface area contributed by atoms with E-state index in [1.807, 2.05) is 12.1 Å². The Morgan fingerprint density at radius 3 is 2.29 bits per heavy atom. The molecule has 0 heterocycles. The first-order valence-electron chi connectivity index (χ1n) is 9.19. The number of hydrogen-bond acceptors (Lipinski definition) is 3. The van der Waals surface area contributed by atoms with Gasteiger partial charge in [0.25, 0.3) is 0 Å². The van der Waals surface area contributed by atoms with Gasteiger partial charge in [0.1, 0.15) is 0 Å². The van der Waals surface area contributed by atoms with Crippen LogP contribution in [0.2, 0.25) is 0 Å². The molecular weight excluding hydrogens is 300 g/mol. The Morgan fingerprint density at radius 2 is 1.71 bits per heavy atom. The molecule has 1 aromatic carbocycles. The summed E-state index contributed by atoms with van der Waals surface area (Å²) < 4.78 is 5.12. The average molecular weight is 332 g/mol. The van der Waals surface area contributed by atoms with Gasteiger partial charge in [-0.2, -0.15) is 0 Å². The van der Waals surface area contributed by atoms with E-state index in [2.05, 4.69) is 19.1 Å². The number of aryl methyl sites for hydroxylation is 1. The van der Waals surface area contributed by atoms with Crippen LogP contribution in [0.25, 0.3) is 6.08 Å². The Hall–Kier alpha value is -1.45. The van der Waals surface area contributed by atoms with Crippen LogP contribution in [0, 0.1) is 0 Å². The van der Waals surface area contributed by atoms with Gasteiger partial charge in [-0.15, -0.1) is 0 Å². The van der Waals surface area contributed by atoms with E-state index in [-0.39, 0.29) is 5.78 Å². The Balaban J connectivity index is 2.56. The summed E-state index contributed by atoms with van der Waals surface area (Å²) in [6, 6.07) is 8.19. The highest BCUT2D eigenvalue weighted by atomic mass is 16.6. The summed E-state index contributed by atoms with van der Waals surface area (Å²) >= 11 is 0. The van der Waals surface area contributed by atoms with E-state index in [4.69, 9.17) is 4.74 Å². The van der Waals surface area contributed by atoms with E-state index in [1.165, 1.54) is 51.0 Å². The van der Waals surface area contributed by atoms with Crippen LogP contribution >= 0.6 is 0 Å². The van der Waals surface area contributed by atoms with Gasteiger partial charge in [-0.3, -0.25) is 4.79 Å². The second-order valence-electron chi connectivity index (χ2n) is 6.22. The molecule has 0 saturated heterocycles. The quantitative estimate of drug-likeness (QED) is 0.336. The molecule has 0 bridgehead atoms. The largest absolute Gasteiger partial charge is 0.364 e. The molecule has 0 aliphatic rings. The van der Waals surface area contributed by atoms with Gasteiger partial charge in [0.15, 0.2) is 12.1 Å². The van der Waals surface area contributed by atoms with E-state index in [0.29, 0.717) is 12.2 Å². The number of ketones is 1. The van der Waals surface area contributed by atoms with Gasteiger partial charge in [0, 0.05) is 6.61 Å². The minimum Gasteiger partial charge on any atom is -0.364 e. The molecule has 0 aliphatic heterocycles. The maximum Gasteiger partial charge on any atom is 0.184 e. The first-order chi connectivity index (χ1) is 11.6. The highest BCUT2D eigenvalue weighted by Crippen LogP contribution is 2.15. The maximum absolute atomic E-state index is 11.7. The van der Waals surface area contributed by atoms with Crippen LogP contribution in [0.15, 0.2) is 29.8 Å². The second-order valence-corrected chi connectivity index (χ2v) is 6.22. The lowest BCUT2D eigenvalue weighted by Gasteiger charge is -2.12. The third-order valence-corrected chi connectivity index (χ3v) is 4.12. The molecule has 1 aromatic rings. The van der Waals surface area contributed by atoms with Crippen molar-refractivity contribution in [1.82, 2.24) is 0 Å². The van der Waals surface area contributed by atoms with Gasteiger partial charge < -0.3 is 9.84 Å². The van der Waals surface area contributed by atoms with Crippen molar-refractivity contribution in [3.63, 3.8) is 0 Å². The molecule has 0 fully saturated rings. The van der Waals surface area contributed by atoms with Crippen LogP contribution in [-0.2, 0) is 16.0 Å². The summed E-state index contributed by atoms with van der Waals surface area (Å²) in [6.45, 7) is 5.84. The summed E-state index contributed by atoms with van der Waals surface area (Å²) in [5.41, 5.74) is 2.52. The normalized spacial score (nSPS) is 13.1. The van der Waals surface area contributed by atoms with Gasteiger partial charge in [-0.1, -0.05) is 63.3 Å². The predicted molar refractivity (Wildman–Crippen MR) is 99.8 cm³/mol. The first kappa shape index (κ1) is 20.6. The third-order valence-electron chi connectivity index (χ3n) is 4.12. The van der Waals surface area contributed by atoms with E-state index >= 15 is 0 Å². The molecule has 0 aliphatic carbocycles. The van der Waals surface area contributed by atoms with Crippen molar-refractivity contribution in [3.8, 4) is 0 Å². The molecule has 3 nitrogen and oxygen atoms in total. The number of aliphatic hydroxyl groups excluding tert-OH is 1. The zero-order valence-electron chi connectivity index (χ0n) is 15.4. The van der Waals surface area contributed by atoms with Crippen molar-refractivity contribution >= 4 is 11.9 Å². The maximum atomic E-state index is 11.7. The summed E-state index contributed by atoms with van der Waals surface area (Å²) in [5.74, 6) is -0.174. The molecule has 1 rings (SSSR count). The number of rotatable bonds is 12. The van der Waals surface area contributed by atoms with Gasteiger partial charge in [0.05, 0.1) is 5.57 Å². The molecule has 0 aromatic heterocycles. The monoisotopic (exact) mass is 332 g/mol. The second kappa shape index (κ2) is 12.0. The van der Waals surface area contributed by atoms with Crippen LogP contribution < -0.4 is 0 Å². The first-order valence-corrected chi connectivity index (χ1v) is 9.19. The summed E-state index contributed by atoms with van der Waals surface area (Å²) in [7, 11) is 0. The third kappa shape index (κ3) is 7.89. The zero-order valence-corrected chi connectivity index (χ0v) is 15.4. The lowest BCUT2D eigenvalue weighted by Crippen LogP contribution is -2.19. The number of carbonyl (C=O) groups excluding carboxylic acids is 1. The van der Waals surface area contributed by atoms with Crippen LogP contribution in [0.5, 0.6) is 0 Å². The van der Waals surface area contributed by atoms with E-state index in [0.717, 1.165) is 12.0 Å². The fourth-order valence-corrected chi connectivity index (χ4v) is 2.66. The molecule has 0 saturated carbocycles. The van der Waals surface area contributed by atoms with Crippen molar-refractivity contribution < 1.29 is 14.6 Å². The van der Waals surface area contributed by atoms with Crippen molar-refractivity contribution in [2.24, 2.45) is 0 Å². The highest BCUT2D eigenvalue weighted by Gasteiger charge is 2.15. The Bertz CT molecular complexity index is 502. The van der Waals surface area contributed by atoms with Crippen molar-refractivity contribution in [1.29, 1.82) is 0 Å². The summed E-state index contributed by atoms with van der Waals surface area (Å²) in [5, 5.41) is 9.89. The molecule has 24 heavy (non-hydrogen) atoms. The molecule has 0 spiro atoms. The SMILES string of the molecule is CCCCCCCCc1ccc(/C=C(\C(C)=O)C(O)OCC)cc1. The van der Waals surface area contributed by atoms with Gasteiger partial charge in [-0.25, -0.2) is 0 Å². The molecule has 0 radical (unpaired) electrons. The average Bonchev–Trinajstić information content (AvgIpc) is 2.57. The number of aliphatic hydroxyl groups is 1. The van der Waals surface area contributed by atoms with Gasteiger partial charge in [0.2, 0.25) is 0 Å². The standard InChI is InChI=1S/C21H32O3/c1-4-6-7-8-9-10-11-18-12-14-19(15-13-18)16-20(17(3)22)21(23)24-5-2/h12-16,21,23H,4-11H2,1-3H3/b20-16+. The van der Waals surface area contributed by atoms with Crippen LogP contribution in [0.4, 0.5) is 0 Å². The number of hydrogen-bond donors (Lipinski definition) is 1. The Morgan fingerprint density at radius 1 is 1.08 bits per heavy atom. The molecular formula is C21H32O3. The van der Waals surface area contributed by atoms with E-state index in [1.54, 1.807) is 13.0 Å². The number of benzene rings is 1. The van der Waals surface area contributed by atoms with Crippen molar-refractivity contribution in [2.75, 3.05) is 6.61 Å². The zero-order chi connectivity index (χ0) is 17.8. The topological polar surface area (TPSA) is 46.5 Å². The minimum absolute atomic E-state index is 0.174. The Kier molecular flexibility index (Phi) is 10.3. The highest BCUT2D eigenvalue weighted by molar-refractivity contribution is 5.98. The number of ether oxygens (including phenoxy) is 1. The number of carbonyl (C=O) groups is 1. The summed E-state index contributed by atoms with van der Waals surface area (Å²) in [6.07, 6.45) is 9.45. The van der Waals surface area contributed by atoms with Crippen molar-refractivity contribution in [2.45, 2.75) is 72.0 Å². The number of Topliss-reactive ketones (excluding diaryl/α,β-unsaturated/α-hetero) is 1. The molecule has 134 valence electrons. The number of unbranched alkanes of at least 4 members (excludes halogenated alkanes) is 5. The fraction of sp³-hybridized carbons (Fsp3) is 0.571. The molecule has 1 unspecified atom stereocenters.